The van der Waals surface area contributed by atoms with Crippen molar-refractivity contribution in [2.24, 2.45) is 5.73 Å². The fraction of sp³-hybridized carbons (Fsp3) is 0. The molecule has 0 aliphatic rings. The maximum atomic E-state index is 10.8. The summed E-state index contributed by atoms with van der Waals surface area (Å²) < 4.78 is 0. The number of carbonyl (C=O) groups excluding carboxylic acids is 1. The van der Waals surface area contributed by atoms with Crippen LogP contribution in [-0.2, 0) is 0 Å². The first kappa shape index (κ1) is 10.9. The second-order valence-electron chi connectivity index (χ2n) is 3.36. The molecule has 0 aliphatic heterocycles. The van der Waals surface area contributed by atoms with Crippen LogP contribution >= 0.6 is 0 Å². The first-order valence-electron chi connectivity index (χ1n) is 4.87. The van der Waals surface area contributed by atoms with E-state index in [2.05, 4.69) is 15.3 Å². The molecule has 6 heteroatoms. The summed E-state index contributed by atoms with van der Waals surface area (Å²) in [5.41, 5.74) is 6.82. The highest BCUT2D eigenvalue weighted by Gasteiger charge is 2.00. The topological polar surface area (TPSA) is 101 Å². The van der Waals surface area contributed by atoms with Gasteiger partial charge in [-0.3, -0.25) is 4.79 Å². The summed E-state index contributed by atoms with van der Waals surface area (Å²) in [5, 5.41) is 2.45. The molecule has 0 spiro atoms. The van der Waals surface area contributed by atoms with Crippen molar-refractivity contribution in [3.63, 3.8) is 0 Å². The number of hydrogen-bond acceptors (Lipinski definition) is 3. The number of nitrogens with one attached hydrogen (secondary N) is 2. The number of nitrogens with two attached hydrogens (primary N) is 1. The smallest absolute Gasteiger partial charge is 0.316 e. The van der Waals surface area contributed by atoms with Gasteiger partial charge in [0.25, 0.3) is 5.56 Å². The van der Waals surface area contributed by atoms with Gasteiger partial charge in [0.05, 0.1) is 11.9 Å². The predicted molar refractivity (Wildman–Crippen MR) is 63.5 cm³/mol. The van der Waals surface area contributed by atoms with Crippen molar-refractivity contribution in [3.8, 4) is 11.3 Å². The normalized spacial score (nSPS) is 9.88. The van der Waals surface area contributed by atoms with Crippen LogP contribution in [0.5, 0.6) is 0 Å². The number of aromatic nitrogens is 2. The molecule has 2 aromatic rings. The second kappa shape index (κ2) is 4.48. The van der Waals surface area contributed by atoms with Crippen molar-refractivity contribution in [2.45, 2.75) is 0 Å². The molecular formula is C11H10N4O2. The summed E-state index contributed by atoms with van der Waals surface area (Å²) in [4.78, 5) is 28.0. The number of anilines is 1. The maximum Gasteiger partial charge on any atom is 0.316 e. The van der Waals surface area contributed by atoms with E-state index in [-0.39, 0.29) is 5.56 Å². The Balaban J connectivity index is 2.26. The lowest BCUT2D eigenvalue weighted by Gasteiger charge is -2.03. The predicted octanol–water partition coefficient (Wildman–Crippen LogP) is 0.928. The van der Waals surface area contributed by atoms with E-state index in [0.717, 1.165) is 5.56 Å². The van der Waals surface area contributed by atoms with Crippen molar-refractivity contribution in [1.29, 1.82) is 0 Å². The minimum Gasteiger partial charge on any atom is -0.351 e. The van der Waals surface area contributed by atoms with E-state index >= 15 is 0 Å². The van der Waals surface area contributed by atoms with E-state index in [1.54, 1.807) is 24.3 Å². The Morgan fingerprint density at radius 3 is 2.53 bits per heavy atom. The summed E-state index contributed by atoms with van der Waals surface area (Å²) in [7, 11) is 0. The SMILES string of the molecule is NC(=O)Nc1ccc(-c2c[nH]c(=O)cn2)cc1. The van der Waals surface area contributed by atoms with Gasteiger partial charge in [0, 0.05) is 17.4 Å². The van der Waals surface area contributed by atoms with Gasteiger partial charge < -0.3 is 16.0 Å². The number of aromatic amines is 1. The van der Waals surface area contributed by atoms with Crippen molar-refractivity contribution in [2.75, 3.05) is 5.32 Å². The van der Waals surface area contributed by atoms with Crippen LogP contribution in [0.4, 0.5) is 10.5 Å². The average Bonchev–Trinajstić information content (AvgIpc) is 2.30. The van der Waals surface area contributed by atoms with Gasteiger partial charge in [0.15, 0.2) is 0 Å². The molecule has 0 unspecified atom stereocenters. The number of primary amides is 1. The van der Waals surface area contributed by atoms with Crippen LogP contribution in [0.25, 0.3) is 11.3 Å². The van der Waals surface area contributed by atoms with Crippen LogP contribution in [0.1, 0.15) is 0 Å². The average molecular weight is 230 g/mol. The van der Waals surface area contributed by atoms with Gasteiger partial charge in [-0.25, -0.2) is 9.78 Å². The number of urea groups is 1. The van der Waals surface area contributed by atoms with Crippen molar-refractivity contribution in [1.82, 2.24) is 9.97 Å². The molecular weight excluding hydrogens is 220 g/mol. The van der Waals surface area contributed by atoms with E-state index in [4.69, 9.17) is 5.73 Å². The minimum atomic E-state index is -0.611. The summed E-state index contributed by atoms with van der Waals surface area (Å²) in [6, 6.07) is 6.33. The standard InChI is InChI=1S/C11H10N4O2/c12-11(17)15-8-3-1-7(2-4-8)9-5-14-10(16)6-13-9/h1-6H,(H,14,16)(H3,12,15,17). The molecule has 17 heavy (non-hydrogen) atoms. The fourth-order valence-corrected chi connectivity index (χ4v) is 1.37. The lowest BCUT2D eigenvalue weighted by Crippen LogP contribution is -2.19. The molecule has 1 aromatic carbocycles. The zero-order valence-corrected chi connectivity index (χ0v) is 8.81. The fourth-order valence-electron chi connectivity index (χ4n) is 1.37. The van der Waals surface area contributed by atoms with Gasteiger partial charge in [-0.15, -0.1) is 0 Å². The molecule has 0 aliphatic carbocycles. The van der Waals surface area contributed by atoms with E-state index in [9.17, 15) is 9.59 Å². The molecule has 0 bridgehead atoms. The summed E-state index contributed by atoms with van der Waals surface area (Å²) in [5.74, 6) is 0. The van der Waals surface area contributed by atoms with Crippen molar-refractivity contribution < 1.29 is 4.79 Å². The molecule has 0 atom stereocenters. The molecule has 1 heterocycles. The van der Waals surface area contributed by atoms with Gasteiger partial charge >= 0.3 is 6.03 Å². The number of hydrogen-bond donors (Lipinski definition) is 3. The third kappa shape index (κ3) is 2.69. The second-order valence-corrected chi connectivity index (χ2v) is 3.36. The lowest BCUT2D eigenvalue weighted by atomic mass is 10.1. The van der Waals surface area contributed by atoms with Crippen LogP contribution in [0, 0.1) is 0 Å². The number of carbonyl (C=O) groups is 1. The van der Waals surface area contributed by atoms with Gasteiger partial charge in [-0.2, -0.15) is 0 Å². The molecule has 0 saturated carbocycles. The number of H-pyrrole nitrogens is 1. The highest BCUT2D eigenvalue weighted by Crippen LogP contribution is 2.17. The Hall–Kier alpha value is -2.63. The first-order valence-corrected chi connectivity index (χ1v) is 4.87. The van der Waals surface area contributed by atoms with Crippen molar-refractivity contribution >= 4 is 11.7 Å². The van der Waals surface area contributed by atoms with E-state index in [0.29, 0.717) is 11.4 Å². The van der Waals surface area contributed by atoms with Gasteiger partial charge in [0.1, 0.15) is 0 Å². The van der Waals surface area contributed by atoms with Crippen LogP contribution in [0.15, 0.2) is 41.5 Å². The number of rotatable bonds is 2. The Labute approximate surface area is 96.5 Å². The molecule has 4 N–H and O–H groups in total. The Morgan fingerprint density at radius 2 is 2.00 bits per heavy atom. The molecule has 6 nitrogen and oxygen atoms in total. The van der Waals surface area contributed by atoms with Gasteiger partial charge in [0.2, 0.25) is 0 Å². The molecule has 0 saturated heterocycles. The zero-order chi connectivity index (χ0) is 12.3. The molecule has 1 aromatic heterocycles. The largest absolute Gasteiger partial charge is 0.351 e. The van der Waals surface area contributed by atoms with E-state index < -0.39 is 6.03 Å². The molecule has 2 rings (SSSR count). The Morgan fingerprint density at radius 1 is 1.29 bits per heavy atom. The zero-order valence-electron chi connectivity index (χ0n) is 8.81. The van der Waals surface area contributed by atoms with Crippen LogP contribution in [-0.4, -0.2) is 16.0 Å². The van der Waals surface area contributed by atoms with Crippen LogP contribution < -0.4 is 16.6 Å². The molecule has 2 amide bonds. The third-order valence-corrected chi connectivity index (χ3v) is 2.12. The molecule has 0 radical (unpaired) electrons. The Bertz CT molecular complexity index is 569. The van der Waals surface area contributed by atoms with E-state index in [1.165, 1.54) is 12.4 Å². The number of amides is 2. The summed E-state index contributed by atoms with van der Waals surface area (Å²) >= 11 is 0. The third-order valence-electron chi connectivity index (χ3n) is 2.12. The molecule has 0 fully saturated rings. The first-order chi connectivity index (χ1) is 8.15. The maximum absolute atomic E-state index is 10.8. The quantitative estimate of drug-likeness (QED) is 0.715. The van der Waals surface area contributed by atoms with Gasteiger partial charge in [-0.1, -0.05) is 12.1 Å². The van der Waals surface area contributed by atoms with Crippen molar-refractivity contribution in [3.05, 3.63) is 47.0 Å². The summed E-state index contributed by atoms with van der Waals surface area (Å²) in [6.45, 7) is 0. The van der Waals surface area contributed by atoms with Crippen LogP contribution in [0.3, 0.4) is 0 Å². The number of nitrogens with zero attached hydrogens (tertiary/aromatic N) is 1. The number of benzene rings is 1. The van der Waals surface area contributed by atoms with Crippen LogP contribution in [0.2, 0.25) is 0 Å². The molecule has 86 valence electrons. The lowest BCUT2D eigenvalue weighted by molar-refractivity contribution is 0.259. The monoisotopic (exact) mass is 230 g/mol. The van der Waals surface area contributed by atoms with Gasteiger partial charge in [-0.05, 0) is 12.1 Å². The minimum absolute atomic E-state index is 0.249. The summed E-state index contributed by atoms with van der Waals surface area (Å²) in [6.07, 6.45) is 2.74. The highest BCUT2D eigenvalue weighted by atomic mass is 16.2. The Kier molecular flexibility index (Phi) is 2.87. The highest BCUT2D eigenvalue weighted by molar-refractivity contribution is 5.88. The van der Waals surface area contributed by atoms with E-state index in [1.807, 2.05) is 0 Å².